The van der Waals surface area contributed by atoms with Crippen molar-refractivity contribution in [3.63, 3.8) is 0 Å². The fourth-order valence-corrected chi connectivity index (χ4v) is 1.34. The number of hydrogen-bond donors (Lipinski definition) is 0. The standard InChI is InChI=1S/C12H11FN2O3/c1-2-11-14-15-12(18-11)7-17-10-4-3-8(6-16)5-9(10)13/h3-6H,2,7H2,1H3. The first kappa shape index (κ1) is 12.2. The first-order valence-corrected chi connectivity index (χ1v) is 5.41. The van der Waals surface area contributed by atoms with Crippen molar-refractivity contribution in [2.45, 2.75) is 20.0 Å². The van der Waals surface area contributed by atoms with Crippen molar-refractivity contribution >= 4 is 6.29 Å². The lowest BCUT2D eigenvalue weighted by Gasteiger charge is -2.04. The van der Waals surface area contributed by atoms with Crippen molar-refractivity contribution in [1.29, 1.82) is 0 Å². The second kappa shape index (κ2) is 5.39. The molecule has 18 heavy (non-hydrogen) atoms. The molecule has 0 amide bonds. The fraction of sp³-hybridized carbons (Fsp3) is 0.250. The molecule has 0 N–H and O–H groups in total. The lowest BCUT2D eigenvalue weighted by Crippen LogP contribution is -1.98. The number of halogens is 1. The zero-order chi connectivity index (χ0) is 13.0. The summed E-state index contributed by atoms with van der Waals surface area (Å²) < 4.78 is 23.9. The van der Waals surface area contributed by atoms with Crippen molar-refractivity contribution < 1.29 is 18.3 Å². The molecule has 1 heterocycles. The molecule has 1 aromatic heterocycles. The summed E-state index contributed by atoms with van der Waals surface area (Å²) in [5.74, 6) is 0.225. The summed E-state index contributed by atoms with van der Waals surface area (Å²) in [6.07, 6.45) is 1.20. The Bertz CT molecular complexity index is 554. The van der Waals surface area contributed by atoms with E-state index in [0.29, 0.717) is 18.6 Å². The maximum absolute atomic E-state index is 13.5. The topological polar surface area (TPSA) is 65.2 Å². The van der Waals surface area contributed by atoms with Gasteiger partial charge in [0, 0.05) is 12.0 Å². The van der Waals surface area contributed by atoms with Crippen molar-refractivity contribution in [3.8, 4) is 5.75 Å². The molecule has 0 bridgehead atoms. The maximum atomic E-state index is 13.5. The lowest BCUT2D eigenvalue weighted by molar-refractivity contribution is 0.112. The van der Waals surface area contributed by atoms with Gasteiger partial charge in [0.2, 0.25) is 5.89 Å². The highest BCUT2D eigenvalue weighted by molar-refractivity contribution is 5.74. The van der Waals surface area contributed by atoms with E-state index in [9.17, 15) is 9.18 Å². The van der Waals surface area contributed by atoms with Gasteiger partial charge in [0.25, 0.3) is 5.89 Å². The van der Waals surface area contributed by atoms with E-state index in [2.05, 4.69) is 10.2 Å². The molecule has 0 aliphatic carbocycles. The van der Waals surface area contributed by atoms with Crippen LogP contribution in [0.25, 0.3) is 0 Å². The largest absolute Gasteiger partial charge is 0.481 e. The van der Waals surface area contributed by atoms with Crippen LogP contribution in [0.15, 0.2) is 22.6 Å². The molecule has 5 nitrogen and oxygen atoms in total. The summed E-state index contributed by atoms with van der Waals surface area (Å²) in [4.78, 5) is 10.4. The van der Waals surface area contributed by atoms with E-state index in [4.69, 9.17) is 9.15 Å². The van der Waals surface area contributed by atoms with Crippen LogP contribution in [-0.4, -0.2) is 16.5 Å². The van der Waals surface area contributed by atoms with Gasteiger partial charge in [-0.1, -0.05) is 6.92 Å². The second-order valence-corrected chi connectivity index (χ2v) is 3.54. The normalized spacial score (nSPS) is 10.3. The molecule has 6 heteroatoms. The van der Waals surface area contributed by atoms with Crippen molar-refractivity contribution in [2.75, 3.05) is 0 Å². The van der Waals surface area contributed by atoms with E-state index in [1.54, 1.807) is 0 Å². The van der Waals surface area contributed by atoms with E-state index >= 15 is 0 Å². The molecule has 2 rings (SSSR count). The minimum absolute atomic E-state index is 0.00957. The number of ether oxygens (including phenoxy) is 1. The molecule has 0 fully saturated rings. The molecule has 0 aliphatic heterocycles. The summed E-state index contributed by atoms with van der Waals surface area (Å²) in [7, 11) is 0. The molecule has 2 aromatic rings. The lowest BCUT2D eigenvalue weighted by atomic mass is 10.2. The predicted molar refractivity (Wildman–Crippen MR) is 59.8 cm³/mol. The van der Waals surface area contributed by atoms with Gasteiger partial charge in [-0.2, -0.15) is 0 Å². The Morgan fingerprint density at radius 2 is 2.17 bits per heavy atom. The van der Waals surface area contributed by atoms with Crippen molar-refractivity contribution in [1.82, 2.24) is 10.2 Å². The Balaban J connectivity index is 2.03. The summed E-state index contributed by atoms with van der Waals surface area (Å²) >= 11 is 0. The maximum Gasteiger partial charge on any atom is 0.253 e. The quantitative estimate of drug-likeness (QED) is 0.761. The van der Waals surface area contributed by atoms with Gasteiger partial charge in [-0.3, -0.25) is 4.79 Å². The highest BCUT2D eigenvalue weighted by atomic mass is 19.1. The third-order valence-electron chi connectivity index (χ3n) is 2.25. The van der Waals surface area contributed by atoms with Crippen LogP contribution in [0.4, 0.5) is 4.39 Å². The van der Waals surface area contributed by atoms with E-state index in [1.807, 2.05) is 6.92 Å². The monoisotopic (exact) mass is 250 g/mol. The third kappa shape index (κ3) is 2.71. The first-order valence-electron chi connectivity index (χ1n) is 5.41. The van der Waals surface area contributed by atoms with E-state index in [-0.39, 0.29) is 23.8 Å². The van der Waals surface area contributed by atoms with Gasteiger partial charge in [-0.15, -0.1) is 10.2 Å². The zero-order valence-electron chi connectivity index (χ0n) is 9.72. The Morgan fingerprint density at radius 3 is 2.78 bits per heavy atom. The minimum atomic E-state index is -0.602. The Morgan fingerprint density at radius 1 is 1.39 bits per heavy atom. The van der Waals surface area contributed by atoms with Crippen LogP contribution in [0.3, 0.4) is 0 Å². The predicted octanol–water partition coefficient (Wildman–Crippen LogP) is 2.16. The van der Waals surface area contributed by atoms with Gasteiger partial charge in [0.05, 0.1) is 0 Å². The van der Waals surface area contributed by atoms with Gasteiger partial charge in [0.15, 0.2) is 18.2 Å². The number of aromatic nitrogens is 2. The number of rotatable bonds is 5. The van der Waals surface area contributed by atoms with Gasteiger partial charge < -0.3 is 9.15 Å². The molecule has 0 unspecified atom stereocenters. The van der Waals surface area contributed by atoms with Crippen molar-refractivity contribution in [3.05, 3.63) is 41.4 Å². The average molecular weight is 250 g/mol. The molecule has 0 saturated carbocycles. The number of nitrogens with zero attached hydrogens (tertiary/aromatic N) is 2. The summed E-state index contributed by atoms with van der Waals surface area (Å²) in [6, 6.07) is 3.96. The van der Waals surface area contributed by atoms with Crippen LogP contribution < -0.4 is 4.74 Å². The first-order chi connectivity index (χ1) is 8.72. The van der Waals surface area contributed by atoms with Gasteiger partial charge >= 0.3 is 0 Å². The van der Waals surface area contributed by atoms with Crippen LogP contribution in [-0.2, 0) is 13.0 Å². The zero-order valence-corrected chi connectivity index (χ0v) is 9.72. The molecule has 0 aliphatic rings. The minimum Gasteiger partial charge on any atom is -0.481 e. The molecule has 0 saturated heterocycles. The van der Waals surface area contributed by atoms with Gasteiger partial charge in [0.1, 0.15) is 6.29 Å². The number of carbonyl (C=O) groups excluding carboxylic acids is 1. The highest BCUT2D eigenvalue weighted by Gasteiger charge is 2.08. The van der Waals surface area contributed by atoms with Crippen LogP contribution in [0.1, 0.15) is 29.1 Å². The molecule has 94 valence electrons. The number of aldehydes is 1. The SMILES string of the molecule is CCc1nnc(COc2ccc(C=O)cc2F)o1. The van der Waals surface area contributed by atoms with Crippen LogP contribution >= 0.6 is 0 Å². The number of carbonyl (C=O) groups is 1. The van der Waals surface area contributed by atoms with Gasteiger partial charge in [-0.05, 0) is 18.2 Å². The molecular weight excluding hydrogens is 239 g/mol. The van der Waals surface area contributed by atoms with E-state index in [0.717, 1.165) is 6.07 Å². The summed E-state index contributed by atoms with van der Waals surface area (Å²) in [6.45, 7) is 1.88. The van der Waals surface area contributed by atoms with Crippen LogP contribution in [0.2, 0.25) is 0 Å². The summed E-state index contributed by atoms with van der Waals surface area (Å²) in [5, 5.41) is 7.51. The third-order valence-corrected chi connectivity index (χ3v) is 2.25. The molecule has 0 spiro atoms. The average Bonchev–Trinajstić information content (AvgIpc) is 2.85. The molecule has 0 radical (unpaired) electrons. The Labute approximate surface area is 103 Å². The van der Waals surface area contributed by atoms with Gasteiger partial charge in [-0.25, -0.2) is 4.39 Å². The Kier molecular flexibility index (Phi) is 3.66. The number of hydrogen-bond acceptors (Lipinski definition) is 5. The van der Waals surface area contributed by atoms with Crippen molar-refractivity contribution in [2.24, 2.45) is 0 Å². The van der Waals surface area contributed by atoms with E-state index in [1.165, 1.54) is 12.1 Å². The molecule has 0 atom stereocenters. The smallest absolute Gasteiger partial charge is 0.253 e. The fourth-order valence-electron chi connectivity index (χ4n) is 1.34. The van der Waals surface area contributed by atoms with E-state index < -0.39 is 5.82 Å². The summed E-state index contributed by atoms with van der Waals surface area (Å²) in [5.41, 5.74) is 0.255. The highest BCUT2D eigenvalue weighted by Crippen LogP contribution is 2.18. The number of aryl methyl sites for hydroxylation is 1. The Hall–Kier alpha value is -2.24. The second-order valence-electron chi connectivity index (χ2n) is 3.54. The molecular formula is C12H11FN2O3. The van der Waals surface area contributed by atoms with Crippen LogP contribution in [0, 0.1) is 5.82 Å². The van der Waals surface area contributed by atoms with Crippen LogP contribution in [0.5, 0.6) is 5.75 Å². The molecule has 1 aromatic carbocycles. The number of benzene rings is 1.